The molecule has 0 radical (unpaired) electrons. The first-order chi connectivity index (χ1) is 13.1. The fourth-order valence-corrected chi connectivity index (χ4v) is 3.77. The second kappa shape index (κ2) is 7.50. The monoisotopic (exact) mass is 443 g/mol. The lowest BCUT2D eigenvalue weighted by Gasteiger charge is -2.00. The highest BCUT2D eigenvalue weighted by molar-refractivity contribution is 9.10. The maximum atomic E-state index is 10.0. The van der Waals surface area contributed by atoms with Gasteiger partial charge in [-0.25, -0.2) is 15.0 Å². The molecule has 136 valence electrons. The molecule has 0 aliphatic carbocycles. The minimum atomic E-state index is -0.288. The van der Waals surface area contributed by atoms with Crippen molar-refractivity contribution in [2.75, 3.05) is 6.61 Å². The van der Waals surface area contributed by atoms with Gasteiger partial charge in [-0.05, 0) is 53.2 Å². The van der Waals surface area contributed by atoms with Crippen LogP contribution in [0, 0.1) is 0 Å². The molecule has 4 rings (SSSR count). The average Bonchev–Trinajstić information content (AvgIpc) is 3.23. The van der Waals surface area contributed by atoms with Crippen molar-refractivity contribution in [3.8, 4) is 23.1 Å². The van der Waals surface area contributed by atoms with Crippen LogP contribution in [0.2, 0.25) is 0 Å². The largest absolute Gasteiger partial charge is 0.494 e. The highest BCUT2D eigenvalue weighted by atomic mass is 79.9. The van der Waals surface area contributed by atoms with E-state index in [0.29, 0.717) is 17.6 Å². The molecule has 27 heavy (non-hydrogen) atoms. The molecule has 0 bridgehead atoms. The third-order valence-electron chi connectivity index (χ3n) is 3.70. The van der Waals surface area contributed by atoms with Crippen LogP contribution in [-0.4, -0.2) is 27.9 Å². The number of rotatable bonds is 5. The SMILES string of the molecule is CCOc1ccc2nc(N=Cc3nc(-c4ccccc4Br)oc3O)sc2c1. The summed E-state index contributed by atoms with van der Waals surface area (Å²) in [5.74, 6) is 0.827. The molecule has 0 spiro atoms. The van der Waals surface area contributed by atoms with Gasteiger partial charge in [-0.3, -0.25) is 0 Å². The summed E-state index contributed by atoms with van der Waals surface area (Å²) < 4.78 is 12.7. The summed E-state index contributed by atoms with van der Waals surface area (Å²) in [4.78, 5) is 13.1. The molecular weight excluding hydrogens is 430 g/mol. The molecule has 0 aliphatic heterocycles. The Morgan fingerprint density at radius 3 is 2.93 bits per heavy atom. The summed E-state index contributed by atoms with van der Waals surface area (Å²) in [5.41, 5.74) is 1.83. The first kappa shape index (κ1) is 17.7. The number of aliphatic imine (C=N–C) groups is 1. The van der Waals surface area contributed by atoms with Gasteiger partial charge in [0.15, 0.2) is 5.69 Å². The van der Waals surface area contributed by atoms with Gasteiger partial charge in [-0.2, -0.15) is 0 Å². The topological polar surface area (TPSA) is 80.7 Å². The fourth-order valence-electron chi connectivity index (χ4n) is 2.48. The number of aromatic hydroxyl groups is 1. The third kappa shape index (κ3) is 3.72. The van der Waals surface area contributed by atoms with Gasteiger partial charge in [-0.1, -0.05) is 23.5 Å². The second-order valence-corrected chi connectivity index (χ2v) is 7.37. The zero-order valence-electron chi connectivity index (χ0n) is 14.2. The van der Waals surface area contributed by atoms with Gasteiger partial charge >= 0.3 is 5.95 Å². The second-order valence-electron chi connectivity index (χ2n) is 5.51. The molecular formula is C19H14BrN3O3S. The molecule has 0 atom stereocenters. The van der Waals surface area contributed by atoms with Crippen molar-refractivity contribution >= 4 is 48.8 Å². The Kier molecular flexibility index (Phi) is 4.91. The minimum Gasteiger partial charge on any atom is -0.494 e. The predicted octanol–water partition coefficient (Wildman–Crippen LogP) is 5.57. The number of hydrogen-bond donors (Lipinski definition) is 1. The summed E-state index contributed by atoms with van der Waals surface area (Å²) in [7, 11) is 0. The van der Waals surface area contributed by atoms with Gasteiger partial charge in [0.05, 0.1) is 28.6 Å². The minimum absolute atomic E-state index is 0.245. The van der Waals surface area contributed by atoms with Gasteiger partial charge in [0.1, 0.15) is 5.75 Å². The molecule has 0 unspecified atom stereocenters. The van der Waals surface area contributed by atoms with Crippen molar-refractivity contribution in [3.63, 3.8) is 0 Å². The molecule has 2 aromatic heterocycles. The zero-order valence-corrected chi connectivity index (χ0v) is 16.6. The number of halogens is 1. The van der Waals surface area contributed by atoms with E-state index >= 15 is 0 Å². The van der Waals surface area contributed by atoms with E-state index in [1.54, 1.807) is 0 Å². The maximum Gasteiger partial charge on any atom is 0.312 e. The number of fused-ring (bicyclic) bond motifs is 1. The van der Waals surface area contributed by atoms with Crippen molar-refractivity contribution < 1.29 is 14.3 Å². The molecule has 8 heteroatoms. The van der Waals surface area contributed by atoms with Gasteiger partial charge in [-0.15, -0.1) is 0 Å². The van der Waals surface area contributed by atoms with E-state index in [2.05, 4.69) is 30.9 Å². The van der Waals surface area contributed by atoms with Crippen LogP contribution in [0.25, 0.3) is 21.7 Å². The van der Waals surface area contributed by atoms with Crippen LogP contribution in [0.1, 0.15) is 12.6 Å². The van der Waals surface area contributed by atoms with Crippen LogP contribution in [0.3, 0.4) is 0 Å². The van der Waals surface area contributed by atoms with E-state index < -0.39 is 0 Å². The van der Waals surface area contributed by atoms with Crippen molar-refractivity contribution in [2.24, 2.45) is 4.99 Å². The fraction of sp³-hybridized carbons (Fsp3) is 0.105. The summed E-state index contributed by atoms with van der Waals surface area (Å²) in [5, 5.41) is 10.6. The van der Waals surface area contributed by atoms with Crippen molar-refractivity contribution in [1.82, 2.24) is 9.97 Å². The first-order valence-electron chi connectivity index (χ1n) is 8.16. The van der Waals surface area contributed by atoms with E-state index in [4.69, 9.17) is 9.15 Å². The molecule has 1 N–H and O–H groups in total. The Hall–Kier alpha value is -2.71. The number of nitrogens with zero attached hydrogens (tertiary/aromatic N) is 3. The van der Waals surface area contributed by atoms with Crippen LogP contribution < -0.4 is 4.74 Å². The standard InChI is InChI=1S/C19H14BrN3O3S/c1-2-25-11-7-8-14-16(9-11)27-19(23-14)21-10-15-18(24)26-17(22-15)12-5-3-4-6-13(12)20/h3-10,24H,2H2,1H3. The summed E-state index contributed by atoms with van der Waals surface area (Å²) in [6.07, 6.45) is 1.44. The van der Waals surface area contributed by atoms with E-state index in [1.165, 1.54) is 17.6 Å². The van der Waals surface area contributed by atoms with Gasteiger partial charge in [0, 0.05) is 4.47 Å². The zero-order chi connectivity index (χ0) is 18.8. The van der Waals surface area contributed by atoms with Crippen LogP contribution in [0.5, 0.6) is 11.7 Å². The highest BCUT2D eigenvalue weighted by Crippen LogP contribution is 2.33. The van der Waals surface area contributed by atoms with E-state index in [0.717, 1.165) is 26.0 Å². The normalized spacial score (nSPS) is 11.5. The Morgan fingerprint density at radius 1 is 1.26 bits per heavy atom. The summed E-state index contributed by atoms with van der Waals surface area (Å²) in [6.45, 7) is 2.56. The Morgan fingerprint density at radius 2 is 2.11 bits per heavy atom. The smallest absolute Gasteiger partial charge is 0.312 e. The average molecular weight is 444 g/mol. The summed E-state index contributed by atoms with van der Waals surface area (Å²) in [6, 6.07) is 13.2. The predicted molar refractivity (Wildman–Crippen MR) is 109 cm³/mol. The van der Waals surface area contributed by atoms with Crippen molar-refractivity contribution in [3.05, 3.63) is 52.6 Å². The van der Waals surface area contributed by atoms with Crippen LogP contribution in [0.15, 0.2) is 56.3 Å². The van der Waals surface area contributed by atoms with Gasteiger partial charge in [0.25, 0.3) is 0 Å². The van der Waals surface area contributed by atoms with Crippen LogP contribution >= 0.6 is 27.3 Å². The van der Waals surface area contributed by atoms with Crippen LogP contribution in [-0.2, 0) is 0 Å². The number of aromatic nitrogens is 2. The first-order valence-corrected chi connectivity index (χ1v) is 9.77. The number of thiazole rings is 1. The molecule has 4 aromatic rings. The molecule has 6 nitrogen and oxygen atoms in total. The molecule has 0 aliphatic rings. The number of benzene rings is 2. The number of ether oxygens (including phenoxy) is 1. The maximum absolute atomic E-state index is 10.0. The molecule has 0 saturated heterocycles. The quantitative estimate of drug-likeness (QED) is 0.407. The lowest BCUT2D eigenvalue weighted by Crippen LogP contribution is -1.89. The third-order valence-corrected chi connectivity index (χ3v) is 5.31. The van der Waals surface area contributed by atoms with E-state index in [1.807, 2.05) is 49.4 Å². The van der Waals surface area contributed by atoms with Crippen molar-refractivity contribution in [2.45, 2.75) is 6.92 Å². The number of hydrogen-bond acceptors (Lipinski definition) is 7. The molecule has 0 fully saturated rings. The highest BCUT2D eigenvalue weighted by Gasteiger charge is 2.14. The van der Waals surface area contributed by atoms with E-state index in [-0.39, 0.29) is 11.6 Å². The van der Waals surface area contributed by atoms with E-state index in [9.17, 15) is 5.11 Å². The summed E-state index contributed by atoms with van der Waals surface area (Å²) >= 11 is 4.88. The molecule has 0 saturated carbocycles. The van der Waals surface area contributed by atoms with Gasteiger partial charge in [0.2, 0.25) is 11.0 Å². The van der Waals surface area contributed by atoms with Crippen LogP contribution in [0.4, 0.5) is 5.13 Å². The lowest BCUT2D eigenvalue weighted by molar-refractivity contribution is 0.337. The molecule has 2 heterocycles. The Balaban J connectivity index is 1.61. The van der Waals surface area contributed by atoms with Gasteiger partial charge < -0.3 is 14.3 Å². The lowest BCUT2D eigenvalue weighted by atomic mass is 10.2. The Bertz CT molecular complexity index is 1140. The Labute approximate surface area is 167 Å². The number of oxazole rings is 1. The molecule has 0 amide bonds. The van der Waals surface area contributed by atoms with Crippen molar-refractivity contribution in [1.29, 1.82) is 0 Å². The molecule has 2 aromatic carbocycles.